The predicted octanol–water partition coefficient (Wildman–Crippen LogP) is 1.45. The fraction of sp³-hybridized carbons (Fsp3) is 0.471. The van der Waals surface area contributed by atoms with Crippen LogP contribution < -0.4 is 4.90 Å². The van der Waals surface area contributed by atoms with Crippen LogP contribution in [0.1, 0.15) is 5.56 Å². The minimum atomic E-state index is 0.318. The first-order chi connectivity index (χ1) is 10.8. The molecule has 3 heterocycles. The Balaban J connectivity index is 1.46. The Bertz CT molecular complexity index is 627. The first-order valence-corrected chi connectivity index (χ1v) is 7.94. The maximum atomic E-state index is 5.91. The number of hydrogen-bond acceptors (Lipinski definition) is 4. The fourth-order valence-electron chi connectivity index (χ4n) is 3.42. The standard InChI is InChI=1S/C17H22N4O/c1-19-9-10-22-16-13-20(12-15(16)19)17-7-8-21(18-17)11-14-5-3-2-4-6-14/h2-8,15-16H,9-13H2,1H3/t15-,16?/m0/s1. The summed E-state index contributed by atoms with van der Waals surface area (Å²) in [6.45, 7) is 4.63. The van der Waals surface area contributed by atoms with Crippen molar-refractivity contribution in [3.63, 3.8) is 0 Å². The molecule has 0 amide bonds. The molecular weight excluding hydrogens is 276 g/mol. The van der Waals surface area contributed by atoms with Crippen molar-refractivity contribution in [1.82, 2.24) is 14.7 Å². The minimum absolute atomic E-state index is 0.318. The highest BCUT2D eigenvalue weighted by Gasteiger charge is 2.39. The molecule has 0 spiro atoms. The monoisotopic (exact) mass is 298 g/mol. The highest BCUT2D eigenvalue weighted by Crippen LogP contribution is 2.25. The van der Waals surface area contributed by atoms with Gasteiger partial charge in [-0.15, -0.1) is 0 Å². The number of rotatable bonds is 3. The summed E-state index contributed by atoms with van der Waals surface area (Å²) in [6, 6.07) is 13.0. The average Bonchev–Trinajstić information content (AvgIpc) is 3.15. The lowest BCUT2D eigenvalue weighted by molar-refractivity contribution is -0.0362. The molecule has 2 fully saturated rings. The van der Waals surface area contributed by atoms with Gasteiger partial charge in [0.25, 0.3) is 0 Å². The van der Waals surface area contributed by atoms with E-state index < -0.39 is 0 Å². The van der Waals surface area contributed by atoms with Gasteiger partial charge >= 0.3 is 0 Å². The molecule has 0 radical (unpaired) electrons. The van der Waals surface area contributed by atoms with E-state index in [9.17, 15) is 0 Å². The molecular formula is C17H22N4O. The third kappa shape index (κ3) is 2.62. The summed E-state index contributed by atoms with van der Waals surface area (Å²) < 4.78 is 7.92. The van der Waals surface area contributed by atoms with Gasteiger partial charge in [0.2, 0.25) is 0 Å². The lowest BCUT2D eigenvalue weighted by Gasteiger charge is -2.33. The van der Waals surface area contributed by atoms with E-state index in [1.807, 2.05) is 10.7 Å². The largest absolute Gasteiger partial charge is 0.373 e. The predicted molar refractivity (Wildman–Crippen MR) is 86.1 cm³/mol. The molecule has 2 atom stereocenters. The SMILES string of the molecule is CN1CCOC2CN(c3ccn(Cc4ccccc4)n3)C[C@@H]21. The second kappa shape index (κ2) is 5.74. The van der Waals surface area contributed by atoms with Gasteiger partial charge in [-0.25, -0.2) is 0 Å². The Morgan fingerprint density at radius 1 is 1.18 bits per heavy atom. The van der Waals surface area contributed by atoms with Crippen LogP contribution in [0, 0.1) is 0 Å². The summed E-state index contributed by atoms with van der Waals surface area (Å²) in [4.78, 5) is 4.76. The Labute approximate surface area is 131 Å². The van der Waals surface area contributed by atoms with Crippen molar-refractivity contribution in [2.45, 2.75) is 18.7 Å². The zero-order valence-electron chi connectivity index (χ0n) is 12.9. The Hall–Kier alpha value is -1.85. The first-order valence-electron chi connectivity index (χ1n) is 7.94. The normalized spacial score (nSPS) is 25.4. The molecule has 4 rings (SSSR count). The molecule has 2 aliphatic heterocycles. The number of likely N-dealkylation sites (N-methyl/N-ethyl adjacent to an activating group) is 1. The lowest BCUT2D eigenvalue weighted by atomic mass is 10.1. The molecule has 0 aliphatic carbocycles. The summed E-state index contributed by atoms with van der Waals surface area (Å²) in [6.07, 6.45) is 2.38. The first kappa shape index (κ1) is 13.8. The molecule has 1 unspecified atom stereocenters. The third-order valence-electron chi connectivity index (χ3n) is 4.72. The minimum Gasteiger partial charge on any atom is -0.373 e. The van der Waals surface area contributed by atoms with Crippen molar-refractivity contribution in [2.75, 3.05) is 38.2 Å². The summed E-state index contributed by atoms with van der Waals surface area (Å²) in [5.41, 5.74) is 1.27. The van der Waals surface area contributed by atoms with Gasteiger partial charge in [-0.3, -0.25) is 9.58 Å². The number of ether oxygens (including phenoxy) is 1. The number of aromatic nitrogens is 2. The molecule has 2 aliphatic rings. The van der Waals surface area contributed by atoms with Crippen molar-refractivity contribution < 1.29 is 4.74 Å². The number of fused-ring (bicyclic) bond motifs is 1. The van der Waals surface area contributed by atoms with Crippen molar-refractivity contribution in [2.24, 2.45) is 0 Å². The molecule has 116 valence electrons. The summed E-state index contributed by atoms with van der Waals surface area (Å²) in [7, 11) is 2.19. The van der Waals surface area contributed by atoms with Crippen LogP contribution in [0.4, 0.5) is 5.82 Å². The van der Waals surface area contributed by atoms with Gasteiger partial charge < -0.3 is 9.64 Å². The quantitative estimate of drug-likeness (QED) is 0.859. The third-order valence-corrected chi connectivity index (χ3v) is 4.72. The summed E-state index contributed by atoms with van der Waals surface area (Å²) >= 11 is 0. The van der Waals surface area contributed by atoms with Gasteiger partial charge in [-0.1, -0.05) is 30.3 Å². The molecule has 5 heteroatoms. The van der Waals surface area contributed by atoms with Crippen molar-refractivity contribution in [3.05, 3.63) is 48.2 Å². The second-order valence-corrected chi connectivity index (χ2v) is 6.22. The van der Waals surface area contributed by atoms with Gasteiger partial charge in [0, 0.05) is 31.9 Å². The van der Waals surface area contributed by atoms with Crippen LogP contribution in [-0.4, -0.2) is 60.1 Å². The van der Waals surface area contributed by atoms with E-state index in [-0.39, 0.29) is 0 Å². The van der Waals surface area contributed by atoms with Crippen molar-refractivity contribution in [1.29, 1.82) is 0 Å². The van der Waals surface area contributed by atoms with Crippen molar-refractivity contribution in [3.8, 4) is 0 Å². The zero-order chi connectivity index (χ0) is 14.9. The van der Waals surface area contributed by atoms with Crippen LogP contribution in [0.5, 0.6) is 0 Å². The number of benzene rings is 1. The van der Waals surface area contributed by atoms with E-state index in [0.717, 1.165) is 38.6 Å². The van der Waals surface area contributed by atoms with Gasteiger partial charge in [-0.05, 0) is 12.6 Å². The summed E-state index contributed by atoms with van der Waals surface area (Å²) in [5.74, 6) is 1.06. The molecule has 5 nitrogen and oxygen atoms in total. The van der Waals surface area contributed by atoms with E-state index >= 15 is 0 Å². The average molecular weight is 298 g/mol. The highest BCUT2D eigenvalue weighted by molar-refractivity contribution is 5.40. The van der Waals surface area contributed by atoms with Crippen LogP contribution in [0.25, 0.3) is 0 Å². The van der Waals surface area contributed by atoms with Crippen LogP contribution in [0.15, 0.2) is 42.6 Å². The zero-order valence-corrected chi connectivity index (χ0v) is 12.9. The van der Waals surface area contributed by atoms with Crippen LogP contribution >= 0.6 is 0 Å². The van der Waals surface area contributed by atoms with Gasteiger partial charge in [0.1, 0.15) is 0 Å². The molecule has 1 aromatic heterocycles. The van der Waals surface area contributed by atoms with E-state index in [1.54, 1.807) is 0 Å². The molecule has 0 bridgehead atoms. The molecule has 2 aromatic rings. The Kier molecular flexibility index (Phi) is 3.60. The van der Waals surface area contributed by atoms with Crippen LogP contribution in [0.2, 0.25) is 0 Å². The van der Waals surface area contributed by atoms with Gasteiger partial charge in [-0.2, -0.15) is 5.10 Å². The second-order valence-electron chi connectivity index (χ2n) is 6.22. The number of anilines is 1. The van der Waals surface area contributed by atoms with E-state index in [0.29, 0.717) is 12.1 Å². The van der Waals surface area contributed by atoms with E-state index in [2.05, 4.69) is 53.4 Å². The number of nitrogens with zero attached hydrogens (tertiary/aromatic N) is 4. The number of hydrogen-bond donors (Lipinski definition) is 0. The Morgan fingerprint density at radius 3 is 2.86 bits per heavy atom. The highest BCUT2D eigenvalue weighted by atomic mass is 16.5. The topological polar surface area (TPSA) is 33.5 Å². The van der Waals surface area contributed by atoms with E-state index in [4.69, 9.17) is 9.84 Å². The molecule has 1 aromatic carbocycles. The summed E-state index contributed by atoms with van der Waals surface area (Å²) in [5, 5.41) is 4.74. The number of morpholine rings is 1. The molecule has 0 saturated carbocycles. The molecule has 22 heavy (non-hydrogen) atoms. The molecule has 2 saturated heterocycles. The maximum absolute atomic E-state index is 5.91. The van der Waals surface area contributed by atoms with Gasteiger partial charge in [0.15, 0.2) is 5.82 Å². The van der Waals surface area contributed by atoms with E-state index in [1.165, 1.54) is 5.56 Å². The smallest absolute Gasteiger partial charge is 0.150 e. The van der Waals surface area contributed by atoms with Crippen LogP contribution in [-0.2, 0) is 11.3 Å². The van der Waals surface area contributed by atoms with Crippen LogP contribution in [0.3, 0.4) is 0 Å². The van der Waals surface area contributed by atoms with Gasteiger partial charge in [0.05, 0.1) is 25.3 Å². The lowest BCUT2D eigenvalue weighted by Crippen LogP contribution is -2.48. The Morgan fingerprint density at radius 2 is 2.05 bits per heavy atom. The molecule has 0 N–H and O–H groups in total. The fourth-order valence-corrected chi connectivity index (χ4v) is 3.42. The maximum Gasteiger partial charge on any atom is 0.150 e. The van der Waals surface area contributed by atoms with Crippen molar-refractivity contribution >= 4 is 5.82 Å².